The van der Waals surface area contributed by atoms with Crippen LogP contribution >= 0.6 is 0 Å². The zero-order chi connectivity index (χ0) is 12.4. The molecule has 0 amide bonds. The molecule has 0 bridgehead atoms. The zero-order valence-electron chi connectivity index (χ0n) is 9.63. The molecule has 0 fully saturated rings. The van der Waals surface area contributed by atoms with Gasteiger partial charge in [-0.15, -0.1) is 0 Å². The van der Waals surface area contributed by atoms with Gasteiger partial charge in [-0.1, -0.05) is 24.3 Å². The number of benzene rings is 2. The predicted molar refractivity (Wildman–Crippen MR) is 68.8 cm³/mol. The molecular weight excluding hydrogens is 224 g/mol. The minimum atomic E-state index is 0.386. The molecule has 3 nitrogen and oxygen atoms in total. The molecule has 0 unspecified atom stereocenters. The molecule has 0 aliphatic carbocycles. The van der Waals surface area contributed by atoms with Crippen molar-refractivity contribution in [1.82, 2.24) is 4.98 Å². The maximum absolute atomic E-state index is 8.68. The summed E-state index contributed by atoms with van der Waals surface area (Å²) in [5.74, 6) is 0.611. The molecule has 0 atom stereocenters. The minimum absolute atomic E-state index is 0.386. The molecule has 0 aliphatic rings. The third-order valence-corrected chi connectivity index (χ3v) is 2.76. The summed E-state index contributed by atoms with van der Waals surface area (Å²) in [7, 11) is 0. The van der Waals surface area contributed by atoms with Crippen molar-refractivity contribution in [3.05, 3.63) is 54.1 Å². The van der Waals surface area contributed by atoms with Gasteiger partial charge in [-0.2, -0.15) is 5.26 Å². The molecule has 86 valence electrons. The van der Waals surface area contributed by atoms with Gasteiger partial charge in [0.1, 0.15) is 5.52 Å². The van der Waals surface area contributed by atoms with Gasteiger partial charge < -0.3 is 4.42 Å². The Morgan fingerprint density at radius 1 is 1.11 bits per heavy atom. The van der Waals surface area contributed by atoms with Crippen LogP contribution in [0.5, 0.6) is 0 Å². The van der Waals surface area contributed by atoms with Crippen LogP contribution in [0.4, 0.5) is 0 Å². The summed E-state index contributed by atoms with van der Waals surface area (Å²) < 4.78 is 5.72. The third kappa shape index (κ3) is 1.85. The fraction of sp³-hybridized carbons (Fsp3) is 0.0667. The maximum atomic E-state index is 8.68. The normalized spacial score (nSPS) is 10.4. The van der Waals surface area contributed by atoms with E-state index in [0.717, 1.165) is 22.2 Å². The highest BCUT2D eigenvalue weighted by atomic mass is 16.3. The Morgan fingerprint density at radius 3 is 2.72 bits per heavy atom. The summed E-state index contributed by atoms with van der Waals surface area (Å²) in [6.45, 7) is 0. The Bertz CT molecular complexity index is 723. The Kier molecular flexibility index (Phi) is 2.54. The summed E-state index contributed by atoms with van der Waals surface area (Å²) in [5, 5.41) is 8.68. The van der Waals surface area contributed by atoms with Gasteiger partial charge in [0.25, 0.3) is 0 Å². The highest BCUT2D eigenvalue weighted by molar-refractivity contribution is 5.76. The van der Waals surface area contributed by atoms with Gasteiger partial charge in [0.15, 0.2) is 5.58 Å². The van der Waals surface area contributed by atoms with Gasteiger partial charge in [-0.3, -0.25) is 0 Å². The van der Waals surface area contributed by atoms with Crippen LogP contribution < -0.4 is 0 Å². The van der Waals surface area contributed by atoms with E-state index in [1.54, 1.807) is 0 Å². The first-order valence-corrected chi connectivity index (χ1v) is 5.68. The van der Waals surface area contributed by atoms with Crippen LogP contribution in [-0.2, 0) is 6.42 Å². The van der Waals surface area contributed by atoms with Gasteiger partial charge in [0.2, 0.25) is 5.89 Å². The van der Waals surface area contributed by atoms with Crippen LogP contribution in [0, 0.1) is 11.3 Å². The lowest BCUT2D eigenvalue weighted by atomic mass is 10.1. The van der Waals surface area contributed by atoms with E-state index in [1.807, 2.05) is 48.5 Å². The second-order valence-electron chi connectivity index (χ2n) is 4.02. The molecule has 1 heterocycles. The quantitative estimate of drug-likeness (QED) is 0.681. The van der Waals surface area contributed by atoms with Crippen LogP contribution in [0.25, 0.3) is 22.6 Å². The predicted octanol–water partition coefficient (Wildman–Crippen LogP) is 3.56. The van der Waals surface area contributed by atoms with Crippen molar-refractivity contribution in [2.75, 3.05) is 0 Å². The first kappa shape index (κ1) is 10.5. The first-order valence-electron chi connectivity index (χ1n) is 5.68. The largest absolute Gasteiger partial charge is 0.436 e. The summed E-state index contributed by atoms with van der Waals surface area (Å²) in [6.07, 6.45) is 0.386. The van der Waals surface area contributed by atoms with Gasteiger partial charge in [0, 0.05) is 5.56 Å². The summed E-state index contributed by atoms with van der Waals surface area (Å²) >= 11 is 0. The number of hydrogen-bond donors (Lipinski definition) is 0. The standard InChI is InChI=1S/C15H10N2O/c16-9-8-11-6-7-13-14(10-11)18-15(17-13)12-4-2-1-3-5-12/h1-7,10H,8H2. The molecule has 1 aromatic heterocycles. The summed E-state index contributed by atoms with van der Waals surface area (Å²) in [5.41, 5.74) is 3.44. The number of nitriles is 1. The van der Waals surface area contributed by atoms with Crippen molar-refractivity contribution in [3.8, 4) is 17.5 Å². The van der Waals surface area contributed by atoms with Crippen molar-refractivity contribution in [1.29, 1.82) is 5.26 Å². The van der Waals surface area contributed by atoms with Crippen molar-refractivity contribution in [2.45, 2.75) is 6.42 Å². The second kappa shape index (κ2) is 4.34. The van der Waals surface area contributed by atoms with E-state index >= 15 is 0 Å². The first-order chi connectivity index (χ1) is 8.86. The average molecular weight is 234 g/mol. The molecule has 0 aliphatic heterocycles. The number of nitrogens with zero attached hydrogens (tertiary/aromatic N) is 2. The smallest absolute Gasteiger partial charge is 0.227 e. The van der Waals surface area contributed by atoms with Crippen LogP contribution in [0.3, 0.4) is 0 Å². The number of rotatable bonds is 2. The molecule has 3 aromatic rings. The Morgan fingerprint density at radius 2 is 1.94 bits per heavy atom. The topological polar surface area (TPSA) is 49.8 Å². The molecule has 0 saturated carbocycles. The zero-order valence-corrected chi connectivity index (χ0v) is 9.63. The van der Waals surface area contributed by atoms with Crippen LogP contribution in [-0.4, -0.2) is 4.98 Å². The third-order valence-electron chi connectivity index (χ3n) is 2.76. The summed E-state index contributed by atoms with van der Waals surface area (Å²) in [6, 6.07) is 17.6. The fourth-order valence-corrected chi connectivity index (χ4v) is 1.87. The monoisotopic (exact) mass is 234 g/mol. The SMILES string of the molecule is N#CCc1ccc2nc(-c3ccccc3)oc2c1. The van der Waals surface area contributed by atoms with E-state index in [0.29, 0.717) is 12.3 Å². The van der Waals surface area contributed by atoms with Gasteiger partial charge >= 0.3 is 0 Å². The molecular formula is C15H10N2O. The van der Waals surface area contributed by atoms with Crippen LogP contribution in [0.15, 0.2) is 52.9 Å². The molecule has 0 saturated heterocycles. The van der Waals surface area contributed by atoms with E-state index in [1.165, 1.54) is 0 Å². The number of hydrogen-bond acceptors (Lipinski definition) is 3. The van der Waals surface area contributed by atoms with Crippen LogP contribution in [0.2, 0.25) is 0 Å². The molecule has 3 rings (SSSR count). The Hall–Kier alpha value is -2.60. The fourth-order valence-electron chi connectivity index (χ4n) is 1.87. The van der Waals surface area contributed by atoms with E-state index in [-0.39, 0.29) is 0 Å². The molecule has 2 aromatic carbocycles. The van der Waals surface area contributed by atoms with Gasteiger partial charge in [0.05, 0.1) is 12.5 Å². The Balaban J connectivity index is 2.09. The summed E-state index contributed by atoms with van der Waals surface area (Å²) in [4.78, 5) is 4.43. The van der Waals surface area contributed by atoms with Crippen molar-refractivity contribution in [3.63, 3.8) is 0 Å². The van der Waals surface area contributed by atoms with E-state index in [4.69, 9.17) is 9.68 Å². The molecule has 0 N–H and O–H groups in total. The van der Waals surface area contributed by atoms with E-state index in [2.05, 4.69) is 11.1 Å². The van der Waals surface area contributed by atoms with E-state index < -0.39 is 0 Å². The average Bonchev–Trinajstić information content (AvgIpc) is 2.83. The van der Waals surface area contributed by atoms with Gasteiger partial charge in [-0.05, 0) is 29.8 Å². The van der Waals surface area contributed by atoms with Gasteiger partial charge in [-0.25, -0.2) is 4.98 Å². The molecule has 3 heteroatoms. The Labute approximate surface area is 104 Å². The number of aromatic nitrogens is 1. The second-order valence-corrected chi connectivity index (χ2v) is 4.02. The van der Waals surface area contributed by atoms with Crippen molar-refractivity contribution >= 4 is 11.1 Å². The highest BCUT2D eigenvalue weighted by Crippen LogP contribution is 2.24. The lowest BCUT2D eigenvalue weighted by molar-refractivity contribution is 0.619. The molecule has 18 heavy (non-hydrogen) atoms. The number of fused-ring (bicyclic) bond motifs is 1. The molecule has 0 spiro atoms. The lowest BCUT2D eigenvalue weighted by Gasteiger charge is -1.92. The minimum Gasteiger partial charge on any atom is -0.436 e. The van der Waals surface area contributed by atoms with Crippen molar-refractivity contribution < 1.29 is 4.42 Å². The van der Waals surface area contributed by atoms with Crippen LogP contribution in [0.1, 0.15) is 5.56 Å². The maximum Gasteiger partial charge on any atom is 0.227 e. The highest BCUT2D eigenvalue weighted by Gasteiger charge is 2.08. The van der Waals surface area contributed by atoms with E-state index in [9.17, 15) is 0 Å². The van der Waals surface area contributed by atoms with Crippen molar-refractivity contribution in [2.24, 2.45) is 0 Å². The number of oxazole rings is 1. The molecule has 0 radical (unpaired) electrons. The lowest BCUT2D eigenvalue weighted by Crippen LogP contribution is -1.79.